The largest absolute Gasteiger partial charge is 0.384 e. The summed E-state index contributed by atoms with van der Waals surface area (Å²) in [5.74, 6) is 1.47. The fraction of sp³-hybridized carbons (Fsp3) is 0.500. The van der Waals surface area contributed by atoms with E-state index in [1.165, 1.54) is 4.90 Å². The van der Waals surface area contributed by atoms with Crippen LogP contribution in [-0.2, 0) is 12.6 Å². The van der Waals surface area contributed by atoms with Crippen molar-refractivity contribution in [2.75, 3.05) is 12.3 Å². The molecule has 0 aliphatic carbocycles. The Bertz CT molecular complexity index is 595. The normalized spacial score (nSPS) is 15.6. The van der Waals surface area contributed by atoms with Gasteiger partial charge in [0.05, 0.1) is 6.20 Å². The average Bonchev–Trinajstić information content (AvgIpc) is 2.95. The Hall–Kier alpha value is -1.30. The molecule has 2 atom stereocenters. The van der Waals surface area contributed by atoms with Crippen molar-refractivity contribution < 1.29 is 5.11 Å². The van der Waals surface area contributed by atoms with Crippen LogP contribution in [-0.4, -0.2) is 33.2 Å². The van der Waals surface area contributed by atoms with Crippen molar-refractivity contribution in [1.82, 2.24) is 15.1 Å². The fourth-order valence-electron chi connectivity index (χ4n) is 2.32. The minimum atomic E-state index is -0.918. The lowest BCUT2D eigenvalue weighted by Crippen LogP contribution is -2.44. The molecule has 5 heteroatoms. The van der Waals surface area contributed by atoms with Gasteiger partial charge in [-0.25, -0.2) is 0 Å². The van der Waals surface area contributed by atoms with Crippen molar-refractivity contribution in [3.05, 3.63) is 48.3 Å². The van der Waals surface area contributed by atoms with Crippen LogP contribution in [0.3, 0.4) is 0 Å². The summed E-state index contributed by atoms with van der Waals surface area (Å²) in [7, 11) is 1.86. The highest BCUT2D eigenvalue weighted by molar-refractivity contribution is 7.99. The first-order valence-electron chi connectivity index (χ1n) is 8.01. The first-order chi connectivity index (χ1) is 10.9. The number of benzene rings is 1. The summed E-state index contributed by atoms with van der Waals surface area (Å²) in [5.41, 5.74) is -0.0792. The second kappa shape index (κ2) is 7.99. The number of thioether (sulfide) groups is 1. The van der Waals surface area contributed by atoms with Crippen LogP contribution in [0.1, 0.15) is 26.3 Å². The van der Waals surface area contributed by atoms with Crippen LogP contribution >= 0.6 is 11.8 Å². The molecule has 2 aromatic rings. The van der Waals surface area contributed by atoms with E-state index in [0.717, 1.165) is 11.3 Å². The monoisotopic (exact) mass is 333 g/mol. The molecule has 1 heterocycles. The van der Waals surface area contributed by atoms with Gasteiger partial charge in [0.25, 0.3) is 0 Å². The summed E-state index contributed by atoms with van der Waals surface area (Å²) >= 11 is 1.85. The summed E-state index contributed by atoms with van der Waals surface area (Å²) in [6.07, 6.45) is 3.59. The molecule has 23 heavy (non-hydrogen) atoms. The molecule has 0 aliphatic rings. The van der Waals surface area contributed by atoms with Crippen LogP contribution < -0.4 is 5.32 Å². The Morgan fingerprint density at radius 3 is 2.57 bits per heavy atom. The minimum absolute atomic E-state index is 0.336. The van der Waals surface area contributed by atoms with Gasteiger partial charge in [-0.05, 0) is 25.0 Å². The molecule has 1 aromatic heterocycles. The number of aliphatic hydroxyl groups is 1. The van der Waals surface area contributed by atoms with Crippen molar-refractivity contribution in [2.45, 2.75) is 37.3 Å². The van der Waals surface area contributed by atoms with Crippen LogP contribution in [0.2, 0.25) is 0 Å². The molecule has 4 nitrogen and oxygen atoms in total. The summed E-state index contributed by atoms with van der Waals surface area (Å²) in [6, 6.07) is 10.8. The molecule has 0 amide bonds. The Balaban J connectivity index is 1.91. The SMILES string of the molecule is CC(C)C(CSc1ccccc1)NCC(C)(O)c1cnn(C)c1. The van der Waals surface area contributed by atoms with Crippen molar-refractivity contribution in [3.63, 3.8) is 0 Å². The number of aromatic nitrogens is 2. The summed E-state index contributed by atoms with van der Waals surface area (Å²) < 4.78 is 1.72. The Morgan fingerprint density at radius 1 is 1.30 bits per heavy atom. The standard InChI is InChI=1S/C18H27N3OS/c1-14(2)17(12-23-16-8-6-5-7-9-16)19-13-18(3,22)15-10-20-21(4)11-15/h5-11,14,17,19,22H,12-13H2,1-4H3. The van der Waals surface area contributed by atoms with Crippen LogP contribution in [0.4, 0.5) is 0 Å². The maximum Gasteiger partial charge on any atom is 0.102 e. The molecular formula is C18H27N3OS. The number of hydrogen-bond acceptors (Lipinski definition) is 4. The summed E-state index contributed by atoms with van der Waals surface area (Å²) in [6.45, 7) is 6.76. The zero-order valence-corrected chi connectivity index (χ0v) is 15.2. The first kappa shape index (κ1) is 18.0. The van der Waals surface area contributed by atoms with Gasteiger partial charge < -0.3 is 10.4 Å². The van der Waals surface area contributed by atoms with E-state index in [-0.39, 0.29) is 0 Å². The molecule has 0 saturated carbocycles. The zero-order chi connectivity index (χ0) is 16.9. The van der Waals surface area contributed by atoms with Gasteiger partial charge in [-0.15, -0.1) is 11.8 Å². The molecule has 126 valence electrons. The third kappa shape index (κ3) is 5.37. The van der Waals surface area contributed by atoms with E-state index in [2.05, 4.69) is 48.5 Å². The van der Waals surface area contributed by atoms with Gasteiger partial charge in [0.2, 0.25) is 0 Å². The Labute approximate surface area is 143 Å². The van der Waals surface area contributed by atoms with Gasteiger partial charge in [0, 0.05) is 42.0 Å². The maximum atomic E-state index is 10.7. The topological polar surface area (TPSA) is 50.1 Å². The number of rotatable bonds is 8. The molecule has 0 fully saturated rings. The number of aryl methyl sites for hydroxylation is 1. The molecule has 1 aromatic carbocycles. The fourth-order valence-corrected chi connectivity index (χ4v) is 3.55. The molecule has 0 spiro atoms. The smallest absolute Gasteiger partial charge is 0.102 e. The van der Waals surface area contributed by atoms with E-state index >= 15 is 0 Å². The first-order valence-corrected chi connectivity index (χ1v) is 9.00. The number of nitrogens with one attached hydrogen (secondary N) is 1. The van der Waals surface area contributed by atoms with E-state index in [0.29, 0.717) is 18.5 Å². The van der Waals surface area contributed by atoms with Gasteiger partial charge in [0.1, 0.15) is 5.60 Å². The zero-order valence-electron chi connectivity index (χ0n) is 14.4. The lowest BCUT2D eigenvalue weighted by Gasteiger charge is -2.28. The van der Waals surface area contributed by atoms with E-state index in [4.69, 9.17) is 0 Å². The third-order valence-corrected chi connectivity index (χ3v) is 5.14. The van der Waals surface area contributed by atoms with Gasteiger partial charge in [-0.3, -0.25) is 4.68 Å². The molecule has 2 rings (SSSR count). The van der Waals surface area contributed by atoms with Gasteiger partial charge in [0.15, 0.2) is 0 Å². The third-order valence-electron chi connectivity index (χ3n) is 4.01. The predicted molar refractivity (Wildman–Crippen MR) is 96.6 cm³/mol. The lowest BCUT2D eigenvalue weighted by atomic mass is 9.98. The summed E-state index contributed by atoms with van der Waals surface area (Å²) in [5, 5.41) is 18.4. The minimum Gasteiger partial charge on any atom is -0.384 e. The average molecular weight is 334 g/mol. The van der Waals surface area contributed by atoms with Crippen molar-refractivity contribution in [3.8, 4) is 0 Å². The molecule has 0 radical (unpaired) electrons. The molecule has 2 unspecified atom stereocenters. The molecular weight excluding hydrogens is 306 g/mol. The highest BCUT2D eigenvalue weighted by atomic mass is 32.2. The lowest BCUT2D eigenvalue weighted by molar-refractivity contribution is 0.0529. The van der Waals surface area contributed by atoms with Crippen LogP contribution in [0, 0.1) is 5.92 Å². The molecule has 0 saturated heterocycles. The molecule has 0 bridgehead atoms. The Morgan fingerprint density at radius 2 is 2.00 bits per heavy atom. The van der Waals surface area contributed by atoms with Crippen molar-refractivity contribution >= 4 is 11.8 Å². The number of nitrogens with zero attached hydrogens (tertiary/aromatic N) is 2. The number of hydrogen-bond donors (Lipinski definition) is 2. The quantitative estimate of drug-likeness (QED) is 0.729. The van der Waals surface area contributed by atoms with Crippen LogP contribution in [0.25, 0.3) is 0 Å². The van der Waals surface area contributed by atoms with E-state index in [9.17, 15) is 5.11 Å². The second-order valence-corrected chi connectivity index (χ2v) is 7.63. The molecule has 2 N–H and O–H groups in total. The summed E-state index contributed by atoms with van der Waals surface area (Å²) in [4.78, 5) is 1.28. The molecule has 0 aliphatic heterocycles. The predicted octanol–water partition coefficient (Wildman–Crippen LogP) is 3.03. The van der Waals surface area contributed by atoms with Crippen LogP contribution in [0.5, 0.6) is 0 Å². The van der Waals surface area contributed by atoms with Gasteiger partial charge >= 0.3 is 0 Å². The van der Waals surface area contributed by atoms with E-state index < -0.39 is 5.60 Å². The van der Waals surface area contributed by atoms with Gasteiger partial charge in [-0.2, -0.15) is 5.10 Å². The second-order valence-electron chi connectivity index (χ2n) is 6.53. The maximum absolute atomic E-state index is 10.7. The van der Waals surface area contributed by atoms with Crippen LogP contribution in [0.15, 0.2) is 47.6 Å². The highest BCUT2D eigenvalue weighted by Gasteiger charge is 2.26. The van der Waals surface area contributed by atoms with Crippen molar-refractivity contribution in [1.29, 1.82) is 0 Å². The Kier molecular flexibility index (Phi) is 6.27. The highest BCUT2D eigenvalue weighted by Crippen LogP contribution is 2.22. The van der Waals surface area contributed by atoms with Crippen molar-refractivity contribution in [2.24, 2.45) is 13.0 Å². The van der Waals surface area contributed by atoms with E-state index in [1.807, 2.05) is 38.0 Å². The van der Waals surface area contributed by atoms with E-state index in [1.54, 1.807) is 10.9 Å². The van der Waals surface area contributed by atoms with Gasteiger partial charge in [-0.1, -0.05) is 32.0 Å².